The molecule has 2 saturated heterocycles. The molecular weight excluding hydrogens is 202 g/mol. The minimum Gasteiger partial charge on any atom is -0.355 e. The summed E-state index contributed by atoms with van der Waals surface area (Å²) in [6, 6.07) is 5.98. The Bertz CT molecular complexity index is 404. The topological polar surface area (TPSA) is 36.4 Å². The van der Waals surface area contributed by atoms with Gasteiger partial charge in [0.25, 0.3) is 0 Å². The predicted molar refractivity (Wildman–Crippen MR) is 61.1 cm³/mol. The zero-order valence-electron chi connectivity index (χ0n) is 9.39. The maximum atomic E-state index is 11.1. The first-order valence-electron chi connectivity index (χ1n) is 5.60. The average molecular weight is 217 g/mol. The van der Waals surface area contributed by atoms with E-state index in [0.717, 1.165) is 32.0 Å². The zero-order valence-corrected chi connectivity index (χ0v) is 9.39. The summed E-state index contributed by atoms with van der Waals surface area (Å²) >= 11 is 0. The second-order valence-electron chi connectivity index (χ2n) is 4.92. The smallest absolute Gasteiger partial charge is 0.219 e. The molecule has 0 radical (unpaired) electrons. The lowest BCUT2D eigenvalue weighted by molar-refractivity contribution is -0.142. The van der Waals surface area contributed by atoms with Gasteiger partial charge < -0.3 is 9.80 Å². The van der Waals surface area contributed by atoms with Crippen LogP contribution in [0.15, 0.2) is 24.4 Å². The standard InChI is InChI=1S/C12H15N3O/c1-10(16)14-6-12(7-14)8-15(9-12)11-4-2-3-5-13-11/h2-5H,6-9H2,1H3. The Hall–Kier alpha value is -1.58. The maximum absolute atomic E-state index is 11.1. The Morgan fingerprint density at radius 2 is 2.06 bits per heavy atom. The third-order valence-electron chi connectivity index (χ3n) is 3.52. The van der Waals surface area contributed by atoms with Gasteiger partial charge in [-0.15, -0.1) is 0 Å². The molecule has 84 valence electrons. The molecule has 0 aliphatic carbocycles. The van der Waals surface area contributed by atoms with Crippen molar-refractivity contribution in [3.63, 3.8) is 0 Å². The molecule has 0 saturated carbocycles. The highest BCUT2D eigenvalue weighted by molar-refractivity contribution is 5.74. The number of hydrogen-bond donors (Lipinski definition) is 0. The molecule has 16 heavy (non-hydrogen) atoms. The van der Waals surface area contributed by atoms with Crippen LogP contribution in [0.25, 0.3) is 0 Å². The maximum Gasteiger partial charge on any atom is 0.219 e. The van der Waals surface area contributed by atoms with E-state index < -0.39 is 0 Å². The summed E-state index contributed by atoms with van der Waals surface area (Å²) in [5.41, 5.74) is 0.364. The molecule has 0 bridgehead atoms. The number of likely N-dealkylation sites (tertiary alicyclic amines) is 1. The van der Waals surface area contributed by atoms with Crippen LogP contribution >= 0.6 is 0 Å². The molecule has 3 heterocycles. The van der Waals surface area contributed by atoms with Gasteiger partial charge in [0.05, 0.1) is 0 Å². The predicted octanol–water partition coefficient (Wildman–Crippen LogP) is 0.750. The van der Waals surface area contributed by atoms with Gasteiger partial charge in [-0.2, -0.15) is 0 Å². The van der Waals surface area contributed by atoms with Gasteiger partial charge in [0, 0.05) is 44.7 Å². The van der Waals surface area contributed by atoms with E-state index in [1.807, 2.05) is 29.3 Å². The number of anilines is 1. The van der Waals surface area contributed by atoms with Crippen LogP contribution in [0.4, 0.5) is 5.82 Å². The van der Waals surface area contributed by atoms with E-state index in [4.69, 9.17) is 0 Å². The molecule has 4 nitrogen and oxygen atoms in total. The number of aromatic nitrogens is 1. The molecule has 2 fully saturated rings. The lowest BCUT2D eigenvalue weighted by Crippen LogP contribution is -2.73. The summed E-state index contributed by atoms with van der Waals surface area (Å²) in [5, 5.41) is 0. The van der Waals surface area contributed by atoms with E-state index in [-0.39, 0.29) is 5.91 Å². The van der Waals surface area contributed by atoms with Crippen molar-refractivity contribution in [3.8, 4) is 0 Å². The van der Waals surface area contributed by atoms with E-state index in [9.17, 15) is 4.79 Å². The Morgan fingerprint density at radius 3 is 2.62 bits per heavy atom. The number of amides is 1. The van der Waals surface area contributed by atoms with Gasteiger partial charge in [-0.1, -0.05) is 6.07 Å². The lowest BCUT2D eigenvalue weighted by Gasteiger charge is -2.60. The van der Waals surface area contributed by atoms with Gasteiger partial charge in [0.15, 0.2) is 0 Å². The van der Waals surface area contributed by atoms with Gasteiger partial charge in [-0.3, -0.25) is 4.79 Å². The fraction of sp³-hybridized carbons (Fsp3) is 0.500. The third-order valence-corrected chi connectivity index (χ3v) is 3.52. The normalized spacial score (nSPS) is 21.6. The Balaban J connectivity index is 1.59. The van der Waals surface area contributed by atoms with Crippen LogP contribution in [0.3, 0.4) is 0 Å². The Kier molecular flexibility index (Phi) is 1.93. The number of carbonyl (C=O) groups is 1. The second-order valence-corrected chi connectivity index (χ2v) is 4.92. The quantitative estimate of drug-likeness (QED) is 0.696. The second kappa shape index (κ2) is 3.20. The highest BCUT2D eigenvalue weighted by Crippen LogP contribution is 2.41. The molecule has 4 heteroatoms. The average Bonchev–Trinajstić information content (AvgIpc) is 2.14. The third kappa shape index (κ3) is 1.37. The van der Waals surface area contributed by atoms with Crippen LogP contribution < -0.4 is 4.90 Å². The molecule has 0 atom stereocenters. The van der Waals surface area contributed by atoms with E-state index in [0.29, 0.717) is 5.41 Å². The molecule has 1 aromatic rings. The Morgan fingerprint density at radius 1 is 1.31 bits per heavy atom. The fourth-order valence-electron chi connectivity index (χ4n) is 2.65. The summed E-state index contributed by atoms with van der Waals surface area (Å²) in [6.45, 7) is 5.56. The van der Waals surface area contributed by atoms with Crippen LogP contribution in [0.5, 0.6) is 0 Å². The van der Waals surface area contributed by atoms with Crippen molar-refractivity contribution < 1.29 is 4.79 Å². The summed E-state index contributed by atoms with van der Waals surface area (Å²) in [5.74, 6) is 1.25. The number of hydrogen-bond acceptors (Lipinski definition) is 3. The van der Waals surface area contributed by atoms with Gasteiger partial charge >= 0.3 is 0 Å². The van der Waals surface area contributed by atoms with Gasteiger partial charge in [0.1, 0.15) is 5.82 Å². The van der Waals surface area contributed by atoms with Crippen molar-refractivity contribution in [1.29, 1.82) is 0 Å². The molecule has 1 aromatic heterocycles. The van der Waals surface area contributed by atoms with Crippen molar-refractivity contribution >= 4 is 11.7 Å². The number of pyridine rings is 1. The number of carbonyl (C=O) groups excluding carboxylic acids is 1. The van der Waals surface area contributed by atoms with E-state index in [1.54, 1.807) is 6.92 Å². The molecule has 2 aliphatic rings. The van der Waals surface area contributed by atoms with Crippen LogP contribution in [-0.2, 0) is 4.79 Å². The summed E-state index contributed by atoms with van der Waals surface area (Å²) in [6.07, 6.45) is 1.82. The van der Waals surface area contributed by atoms with Gasteiger partial charge in [-0.05, 0) is 12.1 Å². The van der Waals surface area contributed by atoms with Gasteiger partial charge in [0.2, 0.25) is 5.91 Å². The minimum atomic E-state index is 0.196. The van der Waals surface area contributed by atoms with E-state index in [2.05, 4.69) is 9.88 Å². The Labute approximate surface area is 94.9 Å². The van der Waals surface area contributed by atoms with Gasteiger partial charge in [-0.25, -0.2) is 4.98 Å². The lowest BCUT2D eigenvalue weighted by atomic mass is 9.73. The minimum absolute atomic E-state index is 0.196. The largest absolute Gasteiger partial charge is 0.355 e. The first-order valence-corrected chi connectivity index (χ1v) is 5.60. The molecule has 1 spiro atoms. The van der Waals surface area contributed by atoms with Crippen molar-refractivity contribution in [2.75, 3.05) is 31.1 Å². The van der Waals surface area contributed by atoms with Crippen molar-refractivity contribution in [2.24, 2.45) is 5.41 Å². The van der Waals surface area contributed by atoms with Crippen LogP contribution in [0.2, 0.25) is 0 Å². The highest BCUT2D eigenvalue weighted by atomic mass is 16.2. The zero-order chi connectivity index (χ0) is 11.2. The van der Waals surface area contributed by atoms with Crippen molar-refractivity contribution in [2.45, 2.75) is 6.92 Å². The molecule has 0 N–H and O–H groups in total. The summed E-state index contributed by atoms with van der Waals surface area (Å²) in [7, 11) is 0. The molecule has 1 amide bonds. The summed E-state index contributed by atoms with van der Waals surface area (Å²) in [4.78, 5) is 19.6. The molecule has 2 aliphatic heterocycles. The fourth-order valence-corrected chi connectivity index (χ4v) is 2.65. The molecule has 0 unspecified atom stereocenters. The van der Waals surface area contributed by atoms with Crippen molar-refractivity contribution in [3.05, 3.63) is 24.4 Å². The first kappa shape index (κ1) is 9.63. The number of nitrogens with zero attached hydrogens (tertiary/aromatic N) is 3. The molecular formula is C12H15N3O. The van der Waals surface area contributed by atoms with Crippen molar-refractivity contribution in [1.82, 2.24) is 9.88 Å². The first-order chi connectivity index (χ1) is 7.69. The van der Waals surface area contributed by atoms with E-state index in [1.165, 1.54) is 0 Å². The van der Waals surface area contributed by atoms with E-state index >= 15 is 0 Å². The van der Waals surface area contributed by atoms with Crippen LogP contribution in [-0.4, -0.2) is 42.0 Å². The monoisotopic (exact) mass is 217 g/mol. The number of rotatable bonds is 1. The summed E-state index contributed by atoms with van der Waals surface area (Å²) < 4.78 is 0. The molecule has 0 aromatic carbocycles. The highest BCUT2D eigenvalue weighted by Gasteiger charge is 2.52. The van der Waals surface area contributed by atoms with Crippen LogP contribution in [0.1, 0.15) is 6.92 Å². The SMILES string of the molecule is CC(=O)N1CC2(C1)CN(c1ccccn1)C2. The molecule has 3 rings (SSSR count). The van der Waals surface area contributed by atoms with Crippen LogP contribution in [0, 0.1) is 5.41 Å².